The summed E-state index contributed by atoms with van der Waals surface area (Å²) >= 11 is 0. The van der Waals surface area contributed by atoms with E-state index in [1.54, 1.807) is 7.05 Å². The van der Waals surface area contributed by atoms with Crippen molar-refractivity contribution in [2.75, 3.05) is 14.1 Å². The van der Waals surface area contributed by atoms with Crippen LogP contribution in [0.4, 0.5) is 0 Å². The Balaban J connectivity index is 1.89. The summed E-state index contributed by atoms with van der Waals surface area (Å²) in [6.45, 7) is 2.20. The van der Waals surface area contributed by atoms with Crippen LogP contribution in [0.3, 0.4) is 0 Å². The van der Waals surface area contributed by atoms with Gasteiger partial charge in [0.1, 0.15) is 0 Å². The molecule has 0 radical (unpaired) electrons. The number of aryl methyl sites for hydroxylation is 1. The minimum atomic E-state index is 0.561. The lowest BCUT2D eigenvalue weighted by atomic mass is 9.74. The van der Waals surface area contributed by atoms with Gasteiger partial charge in [-0.25, -0.2) is 0 Å². The highest BCUT2D eigenvalue weighted by molar-refractivity contribution is 5.79. The van der Waals surface area contributed by atoms with Crippen molar-refractivity contribution >= 4 is 5.96 Å². The van der Waals surface area contributed by atoms with E-state index in [9.17, 15) is 0 Å². The highest BCUT2D eigenvalue weighted by Crippen LogP contribution is 2.38. The van der Waals surface area contributed by atoms with Crippen molar-refractivity contribution in [3.63, 3.8) is 0 Å². The van der Waals surface area contributed by atoms with Gasteiger partial charge in [0.25, 0.3) is 0 Å². The first kappa shape index (κ1) is 12.0. The molecule has 1 saturated carbocycles. The van der Waals surface area contributed by atoms with Crippen molar-refractivity contribution in [3.8, 4) is 0 Å². The van der Waals surface area contributed by atoms with E-state index in [0.29, 0.717) is 12.0 Å². The molecule has 0 atom stereocenters. The molecule has 0 aliphatic heterocycles. The van der Waals surface area contributed by atoms with Gasteiger partial charge < -0.3 is 10.6 Å². The first-order valence-electron chi connectivity index (χ1n) is 6.21. The molecule has 92 valence electrons. The van der Waals surface area contributed by atoms with Crippen LogP contribution in [0, 0.1) is 6.92 Å². The molecule has 0 saturated heterocycles. The number of guanidine groups is 1. The normalized spacial score (nSPS) is 24.1. The second kappa shape index (κ2) is 5.21. The number of aliphatic imine (C=N–C) groups is 1. The first-order valence-corrected chi connectivity index (χ1v) is 6.21. The van der Waals surface area contributed by atoms with Gasteiger partial charge in [-0.1, -0.05) is 24.3 Å². The molecule has 0 unspecified atom stereocenters. The minimum Gasteiger partial charge on any atom is -0.359 e. The number of rotatable bonds is 2. The molecular formula is C14H21N3. The maximum absolute atomic E-state index is 4.14. The van der Waals surface area contributed by atoms with E-state index in [0.717, 1.165) is 5.96 Å². The molecule has 1 aliphatic carbocycles. The summed E-state index contributed by atoms with van der Waals surface area (Å²) in [6, 6.07) is 9.25. The van der Waals surface area contributed by atoms with Gasteiger partial charge in [-0.05, 0) is 36.8 Å². The number of benzene rings is 1. The van der Waals surface area contributed by atoms with Crippen molar-refractivity contribution in [3.05, 3.63) is 35.4 Å². The summed E-state index contributed by atoms with van der Waals surface area (Å²) in [5, 5.41) is 6.47. The highest BCUT2D eigenvalue weighted by atomic mass is 15.2. The van der Waals surface area contributed by atoms with Gasteiger partial charge in [-0.2, -0.15) is 0 Å². The molecule has 1 aromatic carbocycles. The summed E-state index contributed by atoms with van der Waals surface area (Å²) < 4.78 is 0. The summed E-state index contributed by atoms with van der Waals surface area (Å²) in [7, 11) is 3.70. The Morgan fingerprint density at radius 3 is 2.59 bits per heavy atom. The average Bonchev–Trinajstić information content (AvgIpc) is 2.30. The first-order chi connectivity index (χ1) is 8.24. The van der Waals surface area contributed by atoms with Crippen LogP contribution >= 0.6 is 0 Å². The zero-order valence-corrected chi connectivity index (χ0v) is 10.8. The molecule has 17 heavy (non-hydrogen) atoms. The van der Waals surface area contributed by atoms with Gasteiger partial charge in [0.2, 0.25) is 0 Å². The van der Waals surface area contributed by atoms with E-state index < -0.39 is 0 Å². The molecule has 3 heteroatoms. The van der Waals surface area contributed by atoms with Crippen molar-refractivity contribution in [2.24, 2.45) is 4.99 Å². The predicted molar refractivity (Wildman–Crippen MR) is 72.5 cm³/mol. The van der Waals surface area contributed by atoms with Crippen LogP contribution in [0.15, 0.2) is 29.3 Å². The van der Waals surface area contributed by atoms with Gasteiger partial charge in [-0.15, -0.1) is 0 Å². The highest BCUT2D eigenvalue weighted by Gasteiger charge is 2.31. The van der Waals surface area contributed by atoms with Crippen LogP contribution in [-0.2, 0) is 0 Å². The Kier molecular flexibility index (Phi) is 3.67. The zero-order valence-electron chi connectivity index (χ0n) is 10.8. The molecule has 2 rings (SSSR count). The molecule has 1 fully saturated rings. The fourth-order valence-corrected chi connectivity index (χ4v) is 2.48. The SMILES string of the molecule is CN=C(NC)NC1CC(c2ccccc2C)C1. The third-order valence-corrected chi connectivity index (χ3v) is 3.57. The third kappa shape index (κ3) is 2.60. The Labute approximate surface area is 103 Å². The number of hydrogen-bond acceptors (Lipinski definition) is 1. The largest absolute Gasteiger partial charge is 0.359 e. The Morgan fingerprint density at radius 2 is 2.00 bits per heavy atom. The van der Waals surface area contributed by atoms with Gasteiger partial charge >= 0.3 is 0 Å². The summed E-state index contributed by atoms with van der Waals surface area (Å²) in [4.78, 5) is 4.14. The van der Waals surface area contributed by atoms with Gasteiger partial charge in [-0.3, -0.25) is 4.99 Å². The van der Waals surface area contributed by atoms with Crippen LogP contribution < -0.4 is 10.6 Å². The lowest BCUT2D eigenvalue weighted by molar-refractivity contribution is 0.321. The lowest BCUT2D eigenvalue weighted by Gasteiger charge is -2.37. The fraction of sp³-hybridized carbons (Fsp3) is 0.500. The third-order valence-electron chi connectivity index (χ3n) is 3.57. The van der Waals surface area contributed by atoms with Crippen LogP contribution in [0.2, 0.25) is 0 Å². The van der Waals surface area contributed by atoms with Gasteiger partial charge in [0, 0.05) is 20.1 Å². The molecule has 1 aliphatic rings. The molecule has 0 amide bonds. The quantitative estimate of drug-likeness (QED) is 0.603. The van der Waals surface area contributed by atoms with E-state index >= 15 is 0 Å². The van der Waals surface area contributed by atoms with Crippen molar-refractivity contribution < 1.29 is 0 Å². The molecule has 1 aromatic rings. The monoisotopic (exact) mass is 231 g/mol. The zero-order chi connectivity index (χ0) is 12.3. The smallest absolute Gasteiger partial charge is 0.190 e. The number of nitrogens with zero attached hydrogens (tertiary/aromatic N) is 1. The standard InChI is InChI=1S/C14H21N3/c1-10-6-4-5-7-13(10)11-8-12(9-11)17-14(15-2)16-3/h4-7,11-12H,8-9H2,1-3H3,(H2,15,16,17). The fourth-order valence-electron chi connectivity index (χ4n) is 2.48. The number of nitrogens with one attached hydrogen (secondary N) is 2. The van der Waals surface area contributed by atoms with Crippen LogP contribution in [0.5, 0.6) is 0 Å². The van der Waals surface area contributed by atoms with E-state index in [-0.39, 0.29) is 0 Å². The van der Waals surface area contributed by atoms with E-state index in [1.165, 1.54) is 24.0 Å². The minimum absolute atomic E-state index is 0.561. The molecule has 3 nitrogen and oxygen atoms in total. The molecule has 0 spiro atoms. The maximum atomic E-state index is 4.14. The van der Waals surface area contributed by atoms with E-state index in [1.807, 2.05) is 7.05 Å². The average molecular weight is 231 g/mol. The molecule has 0 aromatic heterocycles. The number of hydrogen-bond donors (Lipinski definition) is 2. The van der Waals surface area contributed by atoms with Gasteiger partial charge in [0.15, 0.2) is 5.96 Å². The molecule has 2 N–H and O–H groups in total. The Bertz CT molecular complexity index is 406. The summed E-state index contributed by atoms with van der Waals surface area (Å²) in [6.07, 6.45) is 2.40. The predicted octanol–water partition coefficient (Wildman–Crippen LogP) is 2.04. The molecule has 0 heterocycles. The van der Waals surface area contributed by atoms with E-state index in [4.69, 9.17) is 0 Å². The molecule has 0 bridgehead atoms. The van der Waals surface area contributed by atoms with Gasteiger partial charge in [0.05, 0.1) is 0 Å². The van der Waals surface area contributed by atoms with Crippen LogP contribution in [0.25, 0.3) is 0 Å². The Hall–Kier alpha value is -1.51. The summed E-state index contributed by atoms with van der Waals surface area (Å²) in [5.74, 6) is 1.60. The van der Waals surface area contributed by atoms with Crippen molar-refractivity contribution in [1.82, 2.24) is 10.6 Å². The second-order valence-electron chi connectivity index (χ2n) is 4.69. The maximum Gasteiger partial charge on any atom is 0.190 e. The second-order valence-corrected chi connectivity index (χ2v) is 4.69. The summed E-state index contributed by atoms with van der Waals surface area (Å²) in [5.41, 5.74) is 2.92. The Morgan fingerprint density at radius 1 is 1.29 bits per heavy atom. The van der Waals surface area contributed by atoms with Crippen LogP contribution in [-0.4, -0.2) is 26.1 Å². The van der Waals surface area contributed by atoms with Crippen LogP contribution in [0.1, 0.15) is 29.9 Å². The van der Waals surface area contributed by atoms with E-state index in [2.05, 4.69) is 46.8 Å². The molecular weight excluding hydrogens is 210 g/mol. The topological polar surface area (TPSA) is 36.4 Å². The van der Waals surface area contributed by atoms with Crippen molar-refractivity contribution in [1.29, 1.82) is 0 Å². The van der Waals surface area contributed by atoms with Crippen molar-refractivity contribution in [2.45, 2.75) is 31.7 Å². The lowest BCUT2D eigenvalue weighted by Crippen LogP contribution is -2.47.